The summed E-state index contributed by atoms with van der Waals surface area (Å²) in [6.45, 7) is 4.57. The number of nitrogens with zero attached hydrogens (tertiary/aromatic N) is 1. The van der Waals surface area contributed by atoms with E-state index in [9.17, 15) is 5.11 Å². The number of aromatic nitrogens is 1. The van der Waals surface area contributed by atoms with Crippen LogP contribution in [-0.4, -0.2) is 23.2 Å². The Kier molecular flexibility index (Phi) is 5.31. The average molecular weight is 286 g/mol. The van der Waals surface area contributed by atoms with Gasteiger partial charge < -0.3 is 15.2 Å². The first-order valence-electron chi connectivity index (χ1n) is 7.07. The van der Waals surface area contributed by atoms with E-state index < -0.39 is 6.10 Å². The van der Waals surface area contributed by atoms with Crippen LogP contribution in [0.1, 0.15) is 29.8 Å². The van der Waals surface area contributed by atoms with E-state index in [1.165, 1.54) is 0 Å². The van der Waals surface area contributed by atoms with E-state index >= 15 is 0 Å². The van der Waals surface area contributed by atoms with Crippen LogP contribution < -0.4 is 10.1 Å². The molecule has 0 bridgehead atoms. The molecule has 0 spiro atoms. The van der Waals surface area contributed by atoms with E-state index in [1.54, 1.807) is 13.3 Å². The van der Waals surface area contributed by atoms with Gasteiger partial charge in [0.2, 0.25) is 0 Å². The summed E-state index contributed by atoms with van der Waals surface area (Å²) in [5.41, 5.74) is 2.86. The number of ether oxygens (including phenoxy) is 1. The van der Waals surface area contributed by atoms with Crippen molar-refractivity contribution in [1.29, 1.82) is 0 Å². The highest BCUT2D eigenvalue weighted by atomic mass is 16.5. The van der Waals surface area contributed by atoms with Crippen molar-refractivity contribution in [3.05, 3.63) is 59.4 Å². The number of pyridine rings is 1. The average Bonchev–Trinajstić information content (AvgIpc) is 2.52. The summed E-state index contributed by atoms with van der Waals surface area (Å²) in [4.78, 5) is 4.26. The van der Waals surface area contributed by atoms with Crippen molar-refractivity contribution in [2.75, 3.05) is 7.11 Å². The minimum Gasteiger partial charge on any atom is -0.496 e. The van der Waals surface area contributed by atoms with E-state index in [2.05, 4.69) is 10.3 Å². The molecule has 4 heteroatoms. The van der Waals surface area contributed by atoms with E-state index in [0.29, 0.717) is 6.54 Å². The van der Waals surface area contributed by atoms with Crippen LogP contribution in [0.3, 0.4) is 0 Å². The maximum Gasteiger partial charge on any atom is 0.121 e. The maximum atomic E-state index is 10.4. The molecule has 0 fully saturated rings. The summed E-state index contributed by atoms with van der Waals surface area (Å²) in [5, 5.41) is 13.7. The molecule has 0 saturated heterocycles. The molecule has 2 rings (SSSR count). The summed E-state index contributed by atoms with van der Waals surface area (Å²) < 4.78 is 5.24. The first kappa shape index (κ1) is 15.5. The van der Waals surface area contributed by atoms with Gasteiger partial charge in [-0.05, 0) is 49.2 Å². The van der Waals surface area contributed by atoms with Crippen LogP contribution >= 0.6 is 0 Å². The van der Waals surface area contributed by atoms with Gasteiger partial charge in [-0.25, -0.2) is 0 Å². The number of aliphatic hydroxyl groups is 1. The summed E-state index contributed by atoms with van der Waals surface area (Å²) in [6.07, 6.45) is 1.20. The summed E-state index contributed by atoms with van der Waals surface area (Å²) in [6, 6.07) is 11.5. The number of rotatable bonds is 6. The molecule has 0 radical (unpaired) electrons. The van der Waals surface area contributed by atoms with Crippen molar-refractivity contribution >= 4 is 0 Å². The molecule has 2 N–H and O–H groups in total. The van der Waals surface area contributed by atoms with Crippen LogP contribution in [0.25, 0.3) is 0 Å². The molecule has 0 aliphatic carbocycles. The van der Waals surface area contributed by atoms with Crippen LogP contribution in [-0.2, 0) is 6.54 Å². The number of hydrogen-bond donors (Lipinski definition) is 2. The molecule has 112 valence electrons. The Labute approximate surface area is 125 Å². The second kappa shape index (κ2) is 7.20. The fourth-order valence-corrected chi connectivity index (χ4v) is 2.25. The molecular weight excluding hydrogens is 264 g/mol. The van der Waals surface area contributed by atoms with Gasteiger partial charge in [-0.15, -0.1) is 0 Å². The molecule has 0 aliphatic heterocycles. The Bertz CT molecular complexity index is 572. The highest BCUT2D eigenvalue weighted by Crippen LogP contribution is 2.24. The van der Waals surface area contributed by atoms with Crippen LogP contribution in [0.4, 0.5) is 0 Å². The number of benzene rings is 1. The van der Waals surface area contributed by atoms with Crippen molar-refractivity contribution in [3.63, 3.8) is 0 Å². The zero-order valence-electron chi connectivity index (χ0n) is 12.7. The number of nitrogens with one attached hydrogen (secondary N) is 1. The molecule has 0 saturated carbocycles. The van der Waals surface area contributed by atoms with Gasteiger partial charge in [0.1, 0.15) is 5.75 Å². The third-order valence-corrected chi connectivity index (χ3v) is 3.57. The lowest BCUT2D eigenvalue weighted by Gasteiger charge is -2.21. The third kappa shape index (κ3) is 4.03. The van der Waals surface area contributed by atoms with E-state index in [1.807, 2.05) is 50.2 Å². The SMILES string of the molecule is COc1ccc(C(O)C(C)NCc2ccccn2)cc1C. The Balaban J connectivity index is 1.98. The fourth-order valence-electron chi connectivity index (χ4n) is 2.25. The van der Waals surface area contributed by atoms with Crippen LogP contribution in [0.5, 0.6) is 5.75 Å². The molecule has 1 heterocycles. The highest BCUT2D eigenvalue weighted by Gasteiger charge is 2.17. The summed E-state index contributed by atoms with van der Waals surface area (Å²) in [5.74, 6) is 0.833. The van der Waals surface area contributed by atoms with Gasteiger partial charge in [-0.3, -0.25) is 4.98 Å². The Hall–Kier alpha value is -1.91. The van der Waals surface area contributed by atoms with Gasteiger partial charge in [0.05, 0.1) is 18.9 Å². The molecular formula is C17H22N2O2. The first-order chi connectivity index (χ1) is 10.1. The quantitative estimate of drug-likeness (QED) is 0.857. The monoisotopic (exact) mass is 286 g/mol. The van der Waals surface area contributed by atoms with Crippen molar-refractivity contribution in [1.82, 2.24) is 10.3 Å². The topological polar surface area (TPSA) is 54.4 Å². The molecule has 2 aromatic rings. The smallest absolute Gasteiger partial charge is 0.121 e. The van der Waals surface area contributed by atoms with Crippen molar-refractivity contribution in [2.24, 2.45) is 0 Å². The van der Waals surface area contributed by atoms with Gasteiger partial charge in [-0.1, -0.05) is 12.1 Å². The van der Waals surface area contributed by atoms with Crippen LogP contribution in [0.2, 0.25) is 0 Å². The number of aliphatic hydroxyl groups excluding tert-OH is 1. The first-order valence-corrected chi connectivity index (χ1v) is 7.07. The number of aryl methyl sites for hydroxylation is 1. The van der Waals surface area contributed by atoms with Crippen molar-refractivity contribution in [3.8, 4) is 5.75 Å². The molecule has 0 aliphatic rings. The van der Waals surface area contributed by atoms with Crippen LogP contribution in [0, 0.1) is 6.92 Å². The van der Waals surface area contributed by atoms with Gasteiger partial charge in [0.25, 0.3) is 0 Å². The van der Waals surface area contributed by atoms with Crippen molar-refractivity contribution in [2.45, 2.75) is 32.5 Å². The van der Waals surface area contributed by atoms with E-state index in [0.717, 1.165) is 22.6 Å². The summed E-state index contributed by atoms with van der Waals surface area (Å²) >= 11 is 0. The van der Waals surface area contributed by atoms with Gasteiger partial charge >= 0.3 is 0 Å². The number of methoxy groups -OCH3 is 1. The molecule has 2 unspecified atom stereocenters. The highest BCUT2D eigenvalue weighted by molar-refractivity contribution is 5.37. The number of hydrogen-bond acceptors (Lipinski definition) is 4. The minimum absolute atomic E-state index is 0.0696. The Morgan fingerprint density at radius 2 is 2.10 bits per heavy atom. The van der Waals surface area contributed by atoms with E-state index in [-0.39, 0.29) is 6.04 Å². The minimum atomic E-state index is -0.571. The lowest BCUT2D eigenvalue weighted by atomic mass is 10.0. The third-order valence-electron chi connectivity index (χ3n) is 3.57. The molecule has 4 nitrogen and oxygen atoms in total. The molecule has 0 amide bonds. The van der Waals surface area contributed by atoms with Gasteiger partial charge in [0, 0.05) is 18.8 Å². The molecule has 1 aromatic heterocycles. The molecule has 21 heavy (non-hydrogen) atoms. The van der Waals surface area contributed by atoms with Crippen molar-refractivity contribution < 1.29 is 9.84 Å². The predicted octanol–water partition coefficient (Wildman–Crippen LogP) is 2.61. The molecule has 2 atom stereocenters. The van der Waals surface area contributed by atoms with Crippen LogP contribution in [0.15, 0.2) is 42.6 Å². The zero-order valence-corrected chi connectivity index (χ0v) is 12.7. The zero-order chi connectivity index (χ0) is 15.2. The Morgan fingerprint density at radius 3 is 2.71 bits per heavy atom. The lowest BCUT2D eigenvalue weighted by Crippen LogP contribution is -2.32. The normalized spacial score (nSPS) is 13.7. The fraction of sp³-hybridized carbons (Fsp3) is 0.353. The largest absolute Gasteiger partial charge is 0.496 e. The Morgan fingerprint density at radius 1 is 1.29 bits per heavy atom. The maximum absolute atomic E-state index is 10.4. The van der Waals surface area contributed by atoms with E-state index in [4.69, 9.17) is 4.74 Å². The molecule has 1 aromatic carbocycles. The standard InChI is InChI=1S/C17H22N2O2/c1-12-10-14(7-8-16(12)21-3)17(20)13(2)19-11-15-6-4-5-9-18-15/h4-10,13,17,19-20H,11H2,1-3H3. The van der Waals surface area contributed by atoms with Gasteiger partial charge in [0.15, 0.2) is 0 Å². The second-order valence-corrected chi connectivity index (χ2v) is 5.16. The lowest BCUT2D eigenvalue weighted by molar-refractivity contribution is 0.135. The second-order valence-electron chi connectivity index (χ2n) is 5.16. The summed E-state index contributed by atoms with van der Waals surface area (Å²) in [7, 11) is 1.65. The predicted molar refractivity (Wildman–Crippen MR) is 83.2 cm³/mol. The van der Waals surface area contributed by atoms with Gasteiger partial charge in [-0.2, -0.15) is 0 Å².